The van der Waals surface area contributed by atoms with Crippen molar-refractivity contribution in [3.63, 3.8) is 0 Å². The van der Waals surface area contributed by atoms with Crippen LogP contribution in [-0.4, -0.2) is 54.2 Å². The van der Waals surface area contributed by atoms with Crippen molar-refractivity contribution in [3.05, 3.63) is 0 Å². The average molecular weight is 278 g/mol. The summed E-state index contributed by atoms with van der Waals surface area (Å²) in [6.45, 7) is 7.29. The van der Waals surface area contributed by atoms with Gasteiger partial charge in [0.25, 0.3) is 0 Å². The molecule has 112 valence electrons. The summed E-state index contributed by atoms with van der Waals surface area (Å²) < 4.78 is 37.3. The molecule has 2 unspecified atom stereocenters. The normalized spacial score (nSPS) is 30.6. The number of piperidine rings is 1. The van der Waals surface area contributed by atoms with Crippen molar-refractivity contribution in [1.29, 1.82) is 0 Å². The quantitative estimate of drug-likeness (QED) is 0.782. The molecular formula is C14H25F3N2. The molecule has 5 heteroatoms. The van der Waals surface area contributed by atoms with E-state index in [4.69, 9.17) is 0 Å². The van der Waals surface area contributed by atoms with Crippen LogP contribution in [0.3, 0.4) is 0 Å². The second-order valence-electron chi connectivity index (χ2n) is 6.32. The molecule has 0 N–H and O–H groups in total. The molecule has 0 aromatic heterocycles. The highest BCUT2D eigenvalue weighted by atomic mass is 19.4. The minimum atomic E-state index is -4.04. The monoisotopic (exact) mass is 278 g/mol. The molecule has 0 radical (unpaired) electrons. The highest BCUT2D eigenvalue weighted by molar-refractivity contribution is 4.92. The maximum Gasteiger partial charge on any atom is 0.390 e. The third-order valence-electron chi connectivity index (χ3n) is 4.54. The van der Waals surface area contributed by atoms with E-state index in [1.807, 2.05) is 0 Å². The fourth-order valence-corrected chi connectivity index (χ4v) is 3.43. The van der Waals surface area contributed by atoms with E-state index in [0.717, 1.165) is 26.1 Å². The Bertz CT molecular complexity index is 291. The number of rotatable bonds is 3. The zero-order chi connectivity index (χ0) is 14.0. The van der Waals surface area contributed by atoms with Gasteiger partial charge < -0.3 is 0 Å². The molecule has 19 heavy (non-hydrogen) atoms. The van der Waals surface area contributed by atoms with Crippen LogP contribution in [0.5, 0.6) is 0 Å². The standard InChI is InChI=1S/C14H25F3N2/c1-11(2)13-10-18-7-4-3-5-12(18)9-19(13)8-6-14(15,16)17/h11-13H,3-10H2,1-2H3. The van der Waals surface area contributed by atoms with Crippen LogP contribution in [0.25, 0.3) is 0 Å². The molecule has 0 saturated carbocycles. The van der Waals surface area contributed by atoms with Gasteiger partial charge >= 0.3 is 6.18 Å². The molecule has 2 nitrogen and oxygen atoms in total. The molecule has 2 rings (SSSR count). The Morgan fingerprint density at radius 3 is 2.53 bits per heavy atom. The average Bonchev–Trinajstić information content (AvgIpc) is 2.34. The summed E-state index contributed by atoms with van der Waals surface area (Å²) in [5.74, 6) is 0.413. The lowest BCUT2D eigenvalue weighted by molar-refractivity contribution is -0.143. The zero-order valence-corrected chi connectivity index (χ0v) is 11.9. The first-order chi connectivity index (χ1) is 8.87. The Balaban J connectivity index is 1.97. The van der Waals surface area contributed by atoms with Crippen molar-refractivity contribution in [2.24, 2.45) is 5.92 Å². The molecule has 2 aliphatic heterocycles. The number of piperazine rings is 1. The highest BCUT2D eigenvalue weighted by Gasteiger charge is 2.37. The minimum absolute atomic E-state index is 0.163. The summed E-state index contributed by atoms with van der Waals surface area (Å²) in [6, 6.07) is 0.758. The first-order valence-corrected chi connectivity index (χ1v) is 7.41. The smallest absolute Gasteiger partial charge is 0.298 e. The molecule has 2 saturated heterocycles. The lowest BCUT2D eigenvalue weighted by atomic mass is 9.92. The summed E-state index contributed by atoms with van der Waals surface area (Å²) >= 11 is 0. The zero-order valence-electron chi connectivity index (χ0n) is 11.9. The molecule has 0 spiro atoms. The first kappa shape index (κ1) is 15.1. The van der Waals surface area contributed by atoms with Gasteiger partial charge in [0.1, 0.15) is 0 Å². The van der Waals surface area contributed by atoms with Crippen molar-refractivity contribution in [3.8, 4) is 0 Å². The van der Waals surface area contributed by atoms with E-state index in [0.29, 0.717) is 12.0 Å². The molecule has 2 heterocycles. The summed E-state index contributed by atoms with van der Waals surface area (Å²) in [6.07, 6.45) is -1.11. The largest absolute Gasteiger partial charge is 0.390 e. The van der Waals surface area contributed by atoms with Gasteiger partial charge in [-0.2, -0.15) is 13.2 Å². The van der Waals surface area contributed by atoms with Crippen molar-refractivity contribution < 1.29 is 13.2 Å². The van der Waals surface area contributed by atoms with Gasteiger partial charge in [-0.1, -0.05) is 20.3 Å². The van der Waals surface area contributed by atoms with Crippen LogP contribution < -0.4 is 0 Å². The van der Waals surface area contributed by atoms with Gasteiger partial charge in [0.15, 0.2) is 0 Å². The second-order valence-corrected chi connectivity index (χ2v) is 6.32. The van der Waals surface area contributed by atoms with Gasteiger partial charge in [0.2, 0.25) is 0 Å². The minimum Gasteiger partial charge on any atom is -0.298 e. The Hall–Kier alpha value is -0.290. The summed E-state index contributed by atoms with van der Waals surface area (Å²) in [5, 5.41) is 0. The van der Waals surface area contributed by atoms with Gasteiger partial charge in [-0.25, -0.2) is 0 Å². The van der Waals surface area contributed by atoms with Crippen molar-refractivity contribution in [2.75, 3.05) is 26.2 Å². The molecule has 0 aromatic carbocycles. The molecule has 2 atom stereocenters. The SMILES string of the molecule is CC(C)C1CN2CCCCC2CN1CCC(F)(F)F. The second kappa shape index (κ2) is 6.00. The summed E-state index contributed by atoms with van der Waals surface area (Å²) in [4.78, 5) is 4.59. The Morgan fingerprint density at radius 2 is 1.89 bits per heavy atom. The van der Waals surface area contributed by atoms with E-state index in [-0.39, 0.29) is 12.6 Å². The fraction of sp³-hybridized carbons (Fsp3) is 1.00. The molecule has 0 aromatic rings. The third-order valence-corrected chi connectivity index (χ3v) is 4.54. The van der Waals surface area contributed by atoms with Crippen LogP contribution in [0.1, 0.15) is 39.5 Å². The Labute approximate surface area is 113 Å². The van der Waals surface area contributed by atoms with Gasteiger partial charge in [-0.05, 0) is 25.3 Å². The Morgan fingerprint density at radius 1 is 1.16 bits per heavy atom. The maximum absolute atomic E-state index is 12.4. The third kappa shape index (κ3) is 4.09. The van der Waals surface area contributed by atoms with Crippen LogP contribution in [0.15, 0.2) is 0 Å². The van der Waals surface area contributed by atoms with E-state index in [1.54, 1.807) is 0 Å². The summed E-state index contributed by atoms with van der Waals surface area (Å²) in [5.41, 5.74) is 0. The van der Waals surface area contributed by atoms with Gasteiger partial charge in [0, 0.05) is 31.7 Å². The van der Waals surface area contributed by atoms with E-state index < -0.39 is 12.6 Å². The van der Waals surface area contributed by atoms with E-state index >= 15 is 0 Å². The summed E-state index contributed by atoms with van der Waals surface area (Å²) in [7, 11) is 0. The fourth-order valence-electron chi connectivity index (χ4n) is 3.43. The molecule has 0 aliphatic carbocycles. The van der Waals surface area contributed by atoms with E-state index in [2.05, 4.69) is 23.6 Å². The number of alkyl halides is 3. The number of halogens is 3. The molecule has 0 amide bonds. The van der Waals surface area contributed by atoms with Crippen molar-refractivity contribution >= 4 is 0 Å². The van der Waals surface area contributed by atoms with Gasteiger partial charge in [-0.15, -0.1) is 0 Å². The van der Waals surface area contributed by atoms with Crippen LogP contribution in [0.2, 0.25) is 0 Å². The molecule has 2 aliphatic rings. The molecule has 2 fully saturated rings. The number of fused-ring (bicyclic) bond motifs is 1. The first-order valence-electron chi connectivity index (χ1n) is 7.41. The van der Waals surface area contributed by atoms with Gasteiger partial charge in [0.05, 0.1) is 6.42 Å². The van der Waals surface area contributed by atoms with E-state index in [9.17, 15) is 13.2 Å². The molecule has 0 bridgehead atoms. The predicted octanol–water partition coefficient (Wildman–Crippen LogP) is 3.13. The number of nitrogens with zero attached hydrogens (tertiary/aromatic N) is 2. The number of hydrogen-bond donors (Lipinski definition) is 0. The van der Waals surface area contributed by atoms with Crippen molar-refractivity contribution in [1.82, 2.24) is 9.80 Å². The molecular weight excluding hydrogens is 253 g/mol. The predicted molar refractivity (Wildman–Crippen MR) is 70.1 cm³/mol. The number of hydrogen-bond acceptors (Lipinski definition) is 2. The topological polar surface area (TPSA) is 6.48 Å². The van der Waals surface area contributed by atoms with E-state index in [1.165, 1.54) is 12.8 Å². The van der Waals surface area contributed by atoms with Crippen LogP contribution in [-0.2, 0) is 0 Å². The van der Waals surface area contributed by atoms with Crippen LogP contribution >= 0.6 is 0 Å². The highest BCUT2D eigenvalue weighted by Crippen LogP contribution is 2.28. The lowest BCUT2D eigenvalue weighted by Gasteiger charge is -2.50. The lowest BCUT2D eigenvalue weighted by Crippen LogP contribution is -2.61. The van der Waals surface area contributed by atoms with Crippen LogP contribution in [0.4, 0.5) is 13.2 Å². The van der Waals surface area contributed by atoms with Crippen molar-refractivity contribution in [2.45, 2.75) is 57.8 Å². The van der Waals surface area contributed by atoms with Crippen LogP contribution in [0, 0.1) is 5.92 Å². The maximum atomic E-state index is 12.4. The Kier molecular flexibility index (Phi) is 4.77. The van der Waals surface area contributed by atoms with Gasteiger partial charge in [-0.3, -0.25) is 9.80 Å².